The third-order valence-corrected chi connectivity index (χ3v) is 3.76. The maximum atomic E-state index is 13.3. The Morgan fingerprint density at radius 2 is 2.31 bits per heavy atom. The van der Waals surface area contributed by atoms with Crippen LogP contribution in [-0.2, 0) is 6.54 Å². The van der Waals surface area contributed by atoms with Gasteiger partial charge in [0, 0.05) is 20.9 Å². The van der Waals surface area contributed by atoms with Gasteiger partial charge in [-0.2, -0.15) is 0 Å². The summed E-state index contributed by atoms with van der Waals surface area (Å²) < 4.78 is 14.4. The molecule has 2 nitrogen and oxygen atoms in total. The maximum absolute atomic E-state index is 13.3. The van der Waals surface area contributed by atoms with E-state index in [1.807, 2.05) is 11.4 Å². The van der Waals surface area contributed by atoms with E-state index in [4.69, 9.17) is 11.6 Å². The van der Waals surface area contributed by atoms with Gasteiger partial charge in [-0.25, -0.2) is 9.37 Å². The predicted octanol–water partition coefficient (Wildman–Crippen LogP) is 4.31. The molecule has 2 rings (SSSR count). The van der Waals surface area contributed by atoms with Crippen molar-refractivity contribution in [2.45, 2.75) is 6.54 Å². The number of anilines is 1. The van der Waals surface area contributed by atoms with Crippen molar-refractivity contribution < 1.29 is 4.39 Å². The number of hydrogen-bond donors (Lipinski definition) is 1. The molecule has 2 aromatic rings. The van der Waals surface area contributed by atoms with E-state index in [9.17, 15) is 4.39 Å². The molecule has 16 heavy (non-hydrogen) atoms. The number of aromatic nitrogens is 1. The fourth-order valence-electron chi connectivity index (χ4n) is 1.16. The minimum absolute atomic E-state index is 0.217. The Morgan fingerprint density at radius 3 is 2.94 bits per heavy atom. The van der Waals surface area contributed by atoms with Crippen LogP contribution in [0.1, 0.15) is 4.88 Å². The summed E-state index contributed by atoms with van der Waals surface area (Å²) in [4.78, 5) is 4.97. The lowest BCUT2D eigenvalue weighted by atomic mass is 10.4. The topological polar surface area (TPSA) is 24.9 Å². The zero-order chi connectivity index (χ0) is 11.5. The first-order valence-electron chi connectivity index (χ1n) is 4.43. The number of nitrogens with one attached hydrogen (secondary N) is 1. The van der Waals surface area contributed by atoms with Crippen LogP contribution in [0.4, 0.5) is 10.2 Å². The smallest absolute Gasteiger partial charge is 0.166 e. The van der Waals surface area contributed by atoms with E-state index >= 15 is 0 Å². The van der Waals surface area contributed by atoms with Gasteiger partial charge in [0.1, 0.15) is 0 Å². The van der Waals surface area contributed by atoms with Gasteiger partial charge in [-0.15, -0.1) is 11.3 Å². The van der Waals surface area contributed by atoms with Crippen LogP contribution in [0.15, 0.2) is 28.2 Å². The molecule has 0 saturated heterocycles. The highest BCUT2D eigenvalue weighted by atomic mass is 79.9. The van der Waals surface area contributed by atoms with Crippen LogP contribution in [0.25, 0.3) is 0 Å². The largest absolute Gasteiger partial charge is 0.363 e. The minimum Gasteiger partial charge on any atom is -0.363 e. The Balaban J connectivity index is 2.04. The molecule has 0 aliphatic rings. The van der Waals surface area contributed by atoms with Gasteiger partial charge in [-0.05, 0) is 28.1 Å². The van der Waals surface area contributed by atoms with Crippen molar-refractivity contribution >= 4 is 44.7 Å². The molecule has 0 unspecified atom stereocenters. The summed E-state index contributed by atoms with van der Waals surface area (Å²) in [6.45, 7) is 0.543. The Hall–Kier alpha value is -0.650. The summed E-state index contributed by atoms with van der Waals surface area (Å²) in [7, 11) is 0. The van der Waals surface area contributed by atoms with Crippen LogP contribution < -0.4 is 5.32 Å². The van der Waals surface area contributed by atoms with Crippen molar-refractivity contribution in [1.82, 2.24) is 4.98 Å². The fourth-order valence-corrected chi connectivity index (χ4v) is 2.70. The van der Waals surface area contributed by atoms with Crippen molar-refractivity contribution in [1.29, 1.82) is 0 Å². The standard InChI is InChI=1S/C10H7BrClFN2S/c11-6-1-8(16-5-6)4-15-10-9(13)2-7(12)3-14-10/h1-3,5H,4H2,(H,14,15). The molecule has 1 N–H and O–H groups in total. The molecule has 0 aliphatic carbocycles. The first-order chi connectivity index (χ1) is 7.65. The lowest BCUT2D eigenvalue weighted by molar-refractivity contribution is 0.624. The van der Waals surface area contributed by atoms with Crippen LogP contribution in [0.3, 0.4) is 0 Å². The number of halogens is 3. The third kappa shape index (κ3) is 2.93. The average molecular weight is 322 g/mol. The van der Waals surface area contributed by atoms with E-state index in [2.05, 4.69) is 26.2 Å². The number of hydrogen-bond acceptors (Lipinski definition) is 3. The Kier molecular flexibility index (Phi) is 3.78. The van der Waals surface area contributed by atoms with Gasteiger partial charge in [0.25, 0.3) is 0 Å². The summed E-state index contributed by atoms with van der Waals surface area (Å²) >= 11 is 10.6. The summed E-state index contributed by atoms with van der Waals surface area (Å²) in [5.74, 6) is -0.225. The highest BCUT2D eigenvalue weighted by Crippen LogP contribution is 2.21. The molecule has 0 aliphatic heterocycles. The van der Waals surface area contributed by atoms with E-state index in [0.717, 1.165) is 9.35 Å². The molecule has 2 heterocycles. The second kappa shape index (κ2) is 5.12. The zero-order valence-electron chi connectivity index (χ0n) is 8.01. The highest BCUT2D eigenvalue weighted by molar-refractivity contribution is 9.10. The molecule has 0 fully saturated rings. The monoisotopic (exact) mass is 320 g/mol. The van der Waals surface area contributed by atoms with E-state index in [1.54, 1.807) is 11.3 Å². The average Bonchev–Trinajstić information content (AvgIpc) is 2.63. The van der Waals surface area contributed by atoms with Crippen LogP contribution in [0.2, 0.25) is 5.02 Å². The summed E-state index contributed by atoms with van der Waals surface area (Å²) in [5, 5.41) is 5.18. The van der Waals surface area contributed by atoms with Crippen LogP contribution >= 0.6 is 38.9 Å². The van der Waals surface area contributed by atoms with Crippen LogP contribution in [0, 0.1) is 5.82 Å². The van der Waals surface area contributed by atoms with Crippen molar-refractivity contribution in [2.75, 3.05) is 5.32 Å². The van der Waals surface area contributed by atoms with Gasteiger partial charge in [-0.1, -0.05) is 11.6 Å². The van der Waals surface area contributed by atoms with Crippen LogP contribution in [0.5, 0.6) is 0 Å². The molecular weight excluding hydrogens is 315 g/mol. The highest BCUT2D eigenvalue weighted by Gasteiger charge is 2.04. The molecule has 0 amide bonds. The zero-order valence-corrected chi connectivity index (χ0v) is 11.2. The number of nitrogens with zero attached hydrogens (tertiary/aromatic N) is 1. The first kappa shape index (κ1) is 11.8. The van der Waals surface area contributed by atoms with Gasteiger partial charge in [0.05, 0.1) is 11.6 Å². The molecule has 0 saturated carbocycles. The predicted molar refractivity (Wildman–Crippen MR) is 68.6 cm³/mol. The number of thiophene rings is 1. The van der Waals surface area contributed by atoms with Crippen molar-refractivity contribution in [2.24, 2.45) is 0 Å². The third-order valence-electron chi connectivity index (χ3n) is 1.86. The van der Waals surface area contributed by atoms with Gasteiger partial charge < -0.3 is 5.32 Å². The summed E-state index contributed by atoms with van der Waals surface area (Å²) in [6.07, 6.45) is 1.41. The molecule has 0 atom stereocenters. The molecule has 0 aromatic carbocycles. The molecule has 84 valence electrons. The van der Waals surface area contributed by atoms with Gasteiger partial charge >= 0.3 is 0 Å². The first-order valence-corrected chi connectivity index (χ1v) is 6.48. The lowest BCUT2D eigenvalue weighted by Crippen LogP contribution is -2.02. The van der Waals surface area contributed by atoms with Gasteiger partial charge in [-0.3, -0.25) is 0 Å². The van der Waals surface area contributed by atoms with Gasteiger partial charge in [0.15, 0.2) is 11.6 Å². The fraction of sp³-hybridized carbons (Fsp3) is 0.100. The molecule has 2 aromatic heterocycles. The van der Waals surface area contributed by atoms with Crippen molar-refractivity contribution in [3.8, 4) is 0 Å². The molecule has 0 spiro atoms. The van der Waals surface area contributed by atoms with E-state index in [0.29, 0.717) is 11.6 Å². The lowest BCUT2D eigenvalue weighted by Gasteiger charge is -2.04. The Labute approximate surface area is 110 Å². The number of rotatable bonds is 3. The molecule has 0 bridgehead atoms. The summed E-state index contributed by atoms with van der Waals surface area (Å²) in [6, 6.07) is 3.21. The van der Waals surface area contributed by atoms with Gasteiger partial charge in [0.2, 0.25) is 0 Å². The van der Waals surface area contributed by atoms with Crippen molar-refractivity contribution in [3.05, 3.63) is 43.9 Å². The number of pyridine rings is 1. The Bertz CT molecular complexity index is 503. The molecule has 6 heteroatoms. The van der Waals surface area contributed by atoms with E-state index < -0.39 is 5.82 Å². The summed E-state index contributed by atoms with van der Waals surface area (Å²) in [5.41, 5.74) is 0. The Morgan fingerprint density at radius 1 is 1.50 bits per heavy atom. The second-order valence-corrected chi connectivity index (χ2v) is 5.42. The normalized spacial score (nSPS) is 10.4. The van der Waals surface area contributed by atoms with Crippen LogP contribution in [-0.4, -0.2) is 4.98 Å². The molecular formula is C10H7BrClFN2S. The second-order valence-electron chi connectivity index (χ2n) is 3.07. The maximum Gasteiger partial charge on any atom is 0.166 e. The van der Waals surface area contributed by atoms with Crippen molar-refractivity contribution in [3.63, 3.8) is 0 Å². The SMILES string of the molecule is Fc1cc(Cl)cnc1NCc1cc(Br)cs1. The molecule has 0 radical (unpaired) electrons. The quantitative estimate of drug-likeness (QED) is 0.911. The van der Waals surface area contributed by atoms with E-state index in [-0.39, 0.29) is 5.82 Å². The minimum atomic E-state index is -0.442. The van der Waals surface area contributed by atoms with E-state index in [1.165, 1.54) is 12.3 Å².